The Bertz CT molecular complexity index is 836. The van der Waals surface area contributed by atoms with Gasteiger partial charge in [-0.15, -0.1) is 5.75 Å². The molecule has 0 spiro atoms. The third-order valence-corrected chi connectivity index (χ3v) is 5.28. The molecule has 0 saturated heterocycles. The van der Waals surface area contributed by atoms with E-state index in [-0.39, 0.29) is 51.7 Å². The van der Waals surface area contributed by atoms with Crippen molar-refractivity contribution >= 4 is 10.1 Å². The number of hydrogen-bond donors (Lipinski definition) is 1. The Labute approximate surface area is 190 Å². The molecule has 2 aromatic rings. The summed E-state index contributed by atoms with van der Waals surface area (Å²) in [5, 5.41) is 11.5. The zero-order valence-corrected chi connectivity index (χ0v) is 19.5. The third-order valence-electron chi connectivity index (χ3n) is 4.39. The first-order valence-corrected chi connectivity index (χ1v) is 10.9. The van der Waals surface area contributed by atoms with Gasteiger partial charge in [-0.05, 0) is 42.7 Å². The standard InChI is InChI=1S/C21H28O5S.Na/c1-2-3-4-5-6-7-8-10-17-13-14-21(27(23,24)25)20(15-17)26-19-12-9-11-18(22)16-19;/h9,11-16,22H,2-8,10H2,1H3,(H,23,24,25);/q;+1/p-1. The molecule has 0 radical (unpaired) electrons. The molecule has 0 fully saturated rings. The van der Waals surface area contributed by atoms with Crippen molar-refractivity contribution in [2.24, 2.45) is 0 Å². The fourth-order valence-electron chi connectivity index (χ4n) is 2.95. The van der Waals surface area contributed by atoms with Crippen molar-refractivity contribution in [1.29, 1.82) is 0 Å². The summed E-state index contributed by atoms with van der Waals surface area (Å²) in [7, 11) is -4.42. The van der Waals surface area contributed by atoms with E-state index < -0.39 is 10.1 Å². The van der Waals surface area contributed by atoms with Crippen molar-refractivity contribution in [3.05, 3.63) is 48.0 Å². The first kappa shape index (κ1) is 25.0. The van der Waals surface area contributed by atoms with Crippen LogP contribution in [0.3, 0.4) is 0 Å². The van der Waals surface area contributed by atoms with E-state index in [0.717, 1.165) is 24.8 Å². The van der Waals surface area contributed by atoms with Crippen LogP contribution in [0.5, 0.6) is 17.2 Å². The molecule has 0 heterocycles. The normalized spacial score (nSPS) is 11.1. The van der Waals surface area contributed by atoms with Gasteiger partial charge in [0, 0.05) is 0 Å². The van der Waals surface area contributed by atoms with Crippen molar-refractivity contribution < 1.29 is 52.4 Å². The molecule has 0 aromatic heterocycles. The molecule has 0 aliphatic carbocycles. The van der Waals surface area contributed by atoms with E-state index in [4.69, 9.17) is 4.74 Å². The van der Waals surface area contributed by atoms with Gasteiger partial charge in [0.25, 0.3) is 10.1 Å². The van der Waals surface area contributed by atoms with Crippen molar-refractivity contribution in [3.8, 4) is 17.2 Å². The Kier molecular flexibility index (Phi) is 11.2. The molecule has 0 atom stereocenters. The summed E-state index contributed by atoms with van der Waals surface area (Å²) >= 11 is 0. The second-order valence-corrected chi connectivity index (χ2v) is 8.09. The van der Waals surface area contributed by atoms with Gasteiger partial charge in [-0.25, -0.2) is 0 Å². The van der Waals surface area contributed by atoms with Crippen molar-refractivity contribution in [3.63, 3.8) is 0 Å². The molecule has 2 aromatic carbocycles. The summed E-state index contributed by atoms with van der Waals surface area (Å²) in [5.74, 6) is 0.0316. The Morgan fingerprint density at radius 1 is 0.964 bits per heavy atom. The van der Waals surface area contributed by atoms with Crippen molar-refractivity contribution in [2.75, 3.05) is 0 Å². The van der Waals surface area contributed by atoms with Gasteiger partial charge in [0.2, 0.25) is 0 Å². The molecule has 1 N–H and O–H groups in total. The maximum Gasteiger partial charge on any atom is 1.00 e. The van der Waals surface area contributed by atoms with Gasteiger partial charge in [0.1, 0.15) is 16.4 Å². The molecule has 0 amide bonds. The Balaban J connectivity index is 0.00000392. The summed E-state index contributed by atoms with van der Waals surface area (Å²) in [4.78, 5) is -0.304. The predicted molar refractivity (Wildman–Crippen MR) is 104 cm³/mol. The molecular weight excluding hydrogens is 387 g/mol. The van der Waals surface area contributed by atoms with E-state index >= 15 is 0 Å². The maximum atomic E-state index is 11.6. The topological polar surface area (TPSA) is 86.7 Å². The van der Waals surface area contributed by atoms with Crippen molar-refractivity contribution in [1.82, 2.24) is 0 Å². The van der Waals surface area contributed by atoms with E-state index in [1.54, 1.807) is 18.2 Å². The summed E-state index contributed by atoms with van der Waals surface area (Å²) < 4.78 is 38.3. The molecule has 5 nitrogen and oxygen atoms in total. The molecule has 28 heavy (non-hydrogen) atoms. The second-order valence-electron chi connectivity index (χ2n) is 6.70. The Morgan fingerprint density at radius 3 is 2.29 bits per heavy atom. The molecule has 0 aliphatic rings. The fourth-order valence-corrected chi connectivity index (χ4v) is 3.55. The zero-order chi connectivity index (χ0) is 19.7. The zero-order valence-electron chi connectivity index (χ0n) is 16.7. The molecule has 0 unspecified atom stereocenters. The monoisotopic (exact) mass is 414 g/mol. The first-order chi connectivity index (χ1) is 12.9. The van der Waals surface area contributed by atoms with E-state index in [0.29, 0.717) is 0 Å². The third kappa shape index (κ3) is 8.53. The number of aryl methyl sites for hydroxylation is 1. The van der Waals surface area contributed by atoms with Crippen LogP contribution in [0.25, 0.3) is 0 Å². The van der Waals surface area contributed by atoms with Gasteiger partial charge >= 0.3 is 29.6 Å². The fraction of sp³-hybridized carbons (Fsp3) is 0.429. The molecule has 7 heteroatoms. The number of rotatable bonds is 11. The van der Waals surface area contributed by atoms with Crippen LogP contribution in [0.4, 0.5) is 0 Å². The first-order valence-electron chi connectivity index (χ1n) is 9.45. The molecular formula is C21H27NaO5S. The molecule has 2 rings (SSSR count). The van der Waals surface area contributed by atoms with E-state index in [2.05, 4.69) is 6.92 Å². The summed E-state index contributed by atoms with van der Waals surface area (Å²) in [6.45, 7) is 2.20. The molecule has 0 aliphatic heterocycles. The quantitative estimate of drug-likeness (QED) is 0.346. The number of ether oxygens (including phenoxy) is 1. The van der Waals surface area contributed by atoms with Gasteiger partial charge in [-0.1, -0.05) is 63.6 Å². The van der Waals surface area contributed by atoms with Gasteiger partial charge in [-0.2, -0.15) is 8.42 Å². The van der Waals surface area contributed by atoms with E-state index in [9.17, 15) is 18.1 Å². The maximum absolute atomic E-state index is 11.6. The summed E-state index contributed by atoms with van der Waals surface area (Å²) in [6, 6.07) is 10.4. The van der Waals surface area contributed by atoms with Crippen LogP contribution in [-0.2, 0) is 16.5 Å². The largest absolute Gasteiger partial charge is 1.00 e. The minimum absolute atomic E-state index is 0. The van der Waals surface area contributed by atoms with Gasteiger partial charge in [0.15, 0.2) is 0 Å². The van der Waals surface area contributed by atoms with Crippen LogP contribution in [0.15, 0.2) is 47.4 Å². The van der Waals surface area contributed by atoms with Crippen LogP contribution in [0.1, 0.15) is 57.4 Å². The predicted octanol–water partition coefficient (Wildman–Crippen LogP) is 2.10. The second kappa shape index (κ2) is 12.5. The molecule has 0 saturated carbocycles. The van der Waals surface area contributed by atoms with Crippen LogP contribution in [0.2, 0.25) is 0 Å². The van der Waals surface area contributed by atoms with Gasteiger partial charge in [0.05, 0.1) is 0 Å². The van der Waals surface area contributed by atoms with Gasteiger partial charge < -0.3 is 9.84 Å². The van der Waals surface area contributed by atoms with Crippen LogP contribution in [-0.4, -0.2) is 13.0 Å². The van der Waals surface area contributed by atoms with Crippen LogP contribution >= 0.6 is 0 Å². The van der Waals surface area contributed by atoms with Crippen molar-refractivity contribution in [2.45, 2.75) is 63.2 Å². The summed E-state index contributed by atoms with van der Waals surface area (Å²) in [6.07, 6.45) is 9.16. The van der Waals surface area contributed by atoms with E-state index in [1.807, 2.05) is 0 Å². The minimum atomic E-state index is -4.42. The number of hydrogen-bond acceptors (Lipinski definition) is 4. The van der Waals surface area contributed by atoms with Gasteiger partial charge in [-0.3, -0.25) is 4.55 Å². The molecule has 148 valence electrons. The van der Waals surface area contributed by atoms with Crippen LogP contribution < -0.4 is 39.4 Å². The SMILES string of the molecule is CCCCCCCCCc1ccc(S(=O)(=O)O)c(Oc2cccc([O-])c2)c1.[Na+]. The molecule has 0 bridgehead atoms. The average molecular weight is 414 g/mol. The minimum Gasteiger partial charge on any atom is -0.872 e. The smallest absolute Gasteiger partial charge is 0.872 e. The summed E-state index contributed by atoms with van der Waals surface area (Å²) in [5.41, 5.74) is 0.934. The number of unbranched alkanes of at least 4 members (excludes halogenated alkanes) is 6. The van der Waals surface area contributed by atoms with Crippen LogP contribution in [0, 0.1) is 0 Å². The Hall–Kier alpha value is -1.05. The van der Waals surface area contributed by atoms with E-state index in [1.165, 1.54) is 56.4 Å². The number of benzene rings is 2. The average Bonchev–Trinajstić information content (AvgIpc) is 2.60. The Morgan fingerprint density at radius 2 is 1.64 bits per heavy atom.